The van der Waals surface area contributed by atoms with Crippen molar-refractivity contribution in [3.8, 4) is 0 Å². The number of carbonyl (C=O) groups is 1. The van der Waals surface area contributed by atoms with Gasteiger partial charge < -0.3 is 20.6 Å². The summed E-state index contributed by atoms with van der Waals surface area (Å²) in [5.41, 5.74) is 1.92. The van der Waals surface area contributed by atoms with Crippen molar-refractivity contribution in [2.24, 2.45) is 0 Å². The lowest BCUT2D eigenvalue weighted by Crippen LogP contribution is -2.37. The third-order valence-electron chi connectivity index (χ3n) is 3.30. The molecule has 1 atom stereocenters. The quantitative estimate of drug-likeness (QED) is 0.690. The minimum atomic E-state index is -0.167. The van der Waals surface area contributed by atoms with Gasteiger partial charge in [0.2, 0.25) is 0 Å². The highest BCUT2D eigenvalue weighted by Crippen LogP contribution is 2.17. The first-order chi connectivity index (χ1) is 10.1. The number of anilines is 1. The van der Waals surface area contributed by atoms with Crippen LogP contribution in [0.15, 0.2) is 24.3 Å². The minimum absolute atomic E-state index is 0.0229. The van der Waals surface area contributed by atoms with Crippen molar-refractivity contribution in [3.63, 3.8) is 0 Å². The lowest BCUT2D eigenvalue weighted by atomic mass is 10.1. The summed E-state index contributed by atoms with van der Waals surface area (Å²) in [7, 11) is 0. The highest BCUT2D eigenvalue weighted by Gasteiger charge is 2.12. The van der Waals surface area contributed by atoms with Crippen LogP contribution in [0, 0.1) is 0 Å². The van der Waals surface area contributed by atoms with Gasteiger partial charge in [-0.25, -0.2) is 4.79 Å². The normalized spacial score (nSPS) is 12.0. The molecule has 0 saturated carbocycles. The standard InChI is InChI=1S/C16H27N3O2/c1-4-9-19(10-11-20)16(21)18-15-8-6-7-14(12-15)13(3)17-5-2/h6-8,12-13,17,20H,4-5,9-11H2,1-3H3,(H,18,21). The maximum absolute atomic E-state index is 12.2. The Kier molecular flexibility index (Phi) is 7.79. The van der Waals surface area contributed by atoms with Gasteiger partial charge in [0, 0.05) is 24.8 Å². The number of benzene rings is 1. The molecular weight excluding hydrogens is 266 g/mol. The number of rotatable bonds is 8. The number of nitrogens with zero attached hydrogens (tertiary/aromatic N) is 1. The van der Waals surface area contributed by atoms with Gasteiger partial charge >= 0.3 is 6.03 Å². The minimum Gasteiger partial charge on any atom is -0.395 e. The van der Waals surface area contributed by atoms with Crippen LogP contribution in [-0.2, 0) is 0 Å². The van der Waals surface area contributed by atoms with Gasteiger partial charge in [-0.05, 0) is 37.6 Å². The first-order valence-electron chi connectivity index (χ1n) is 7.62. The zero-order chi connectivity index (χ0) is 15.7. The number of amides is 2. The summed E-state index contributed by atoms with van der Waals surface area (Å²) < 4.78 is 0. The molecular formula is C16H27N3O2. The van der Waals surface area contributed by atoms with Crippen molar-refractivity contribution >= 4 is 11.7 Å². The maximum Gasteiger partial charge on any atom is 0.321 e. The summed E-state index contributed by atoms with van der Waals surface area (Å²) in [6, 6.07) is 7.92. The number of carbonyl (C=O) groups excluding carboxylic acids is 1. The summed E-state index contributed by atoms with van der Waals surface area (Å²) in [6.07, 6.45) is 0.866. The Balaban J connectivity index is 2.73. The summed E-state index contributed by atoms with van der Waals surface area (Å²) in [5.74, 6) is 0. The van der Waals surface area contributed by atoms with Crippen LogP contribution in [0.4, 0.5) is 10.5 Å². The molecule has 1 rings (SSSR count). The molecule has 5 nitrogen and oxygen atoms in total. The molecule has 0 fully saturated rings. The molecule has 3 N–H and O–H groups in total. The molecule has 0 heterocycles. The maximum atomic E-state index is 12.2. The van der Waals surface area contributed by atoms with Crippen molar-refractivity contribution in [1.82, 2.24) is 10.2 Å². The monoisotopic (exact) mass is 293 g/mol. The van der Waals surface area contributed by atoms with Crippen molar-refractivity contribution < 1.29 is 9.90 Å². The predicted molar refractivity (Wildman–Crippen MR) is 86.5 cm³/mol. The molecule has 5 heteroatoms. The molecule has 0 aliphatic rings. The Hall–Kier alpha value is -1.59. The molecule has 1 aromatic rings. The molecule has 1 unspecified atom stereocenters. The number of hydrogen-bond donors (Lipinski definition) is 3. The summed E-state index contributed by atoms with van der Waals surface area (Å²) in [4.78, 5) is 13.8. The molecule has 0 spiro atoms. The molecule has 0 radical (unpaired) electrons. The van der Waals surface area contributed by atoms with Crippen LogP contribution in [-0.4, -0.2) is 42.3 Å². The lowest BCUT2D eigenvalue weighted by molar-refractivity contribution is 0.188. The Bertz CT molecular complexity index is 431. The zero-order valence-electron chi connectivity index (χ0n) is 13.2. The third kappa shape index (κ3) is 5.73. The van der Waals surface area contributed by atoms with Crippen LogP contribution < -0.4 is 10.6 Å². The smallest absolute Gasteiger partial charge is 0.321 e. The van der Waals surface area contributed by atoms with Gasteiger partial charge in [-0.1, -0.05) is 26.0 Å². The summed E-state index contributed by atoms with van der Waals surface area (Å²) >= 11 is 0. The summed E-state index contributed by atoms with van der Waals surface area (Å²) in [5, 5.41) is 15.3. The number of aliphatic hydroxyl groups excluding tert-OH is 1. The molecule has 0 aliphatic carbocycles. The van der Waals surface area contributed by atoms with Gasteiger partial charge in [0.25, 0.3) is 0 Å². The number of hydrogen-bond acceptors (Lipinski definition) is 3. The highest BCUT2D eigenvalue weighted by atomic mass is 16.3. The molecule has 118 valence electrons. The van der Waals surface area contributed by atoms with E-state index in [1.54, 1.807) is 4.90 Å². The second-order valence-electron chi connectivity index (χ2n) is 5.05. The topological polar surface area (TPSA) is 64.6 Å². The van der Waals surface area contributed by atoms with Crippen LogP contribution in [0.3, 0.4) is 0 Å². The number of aliphatic hydroxyl groups is 1. The van der Waals surface area contributed by atoms with E-state index >= 15 is 0 Å². The molecule has 0 bridgehead atoms. The van der Waals surface area contributed by atoms with E-state index < -0.39 is 0 Å². The molecule has 21 heavy (non-hydrogen) atoms. The van der Waals surface area contributed by atoms with E-state index in [0.29, 0.717) is 13.1 Å². The van der Waals surface area contributed by atoms with E-state index in [9.17, 15) is 4.79 Å². The van der Waals surface area contributed by atoms with Crippen molar-refractivity contribution in [2.45, 2.75) is 33.2 Å². The van der Waals surface area contributed by atoms with Crippen LogP contribution in [0.1, 0.15) is 38.8 Å². The number of urea groups is 1. The first kappa shape index (κ1) is 17.5. The molecule has 0 saturated heterocycles. The second-order valence-corrected chi connectivity index (χ2v) is 5.05. The molecule has 1 aromatic carbocycles. The fourth-order valence-corrected chi connectivity index (χ4v) is 2.22. The molecule has 0 aromatic heterocycles. The van der Waals surface area contributed by atoms with Crippen LogP contribution in [0.2, 0.25) is 0 Å². The van der Waals surface area contributed by atoms with Gasteiger partial charge in [0.05, 0.1) is 6.61 Å². The molecule has 2 amide bonds. The average Bonchev–Trinajstić information content (AvgIpc) is 2.47. The Morgan fingerprint density at radius 2 is 2.10 bits per heavy atom. The van der Waals surface area contributed by atoms with Gasteiger partial charge in [-0.2, -0.15) is 0 Å². The van der Waals surface area contributed by atoms with Gasteiger partial charge in [0.15, 0.2) is 0 Å². The SMILES string of the molecule is CCCN(CCO)C(=O)Nc1cccc(C(C)NCC)c1. The lowest BCUT2D eigenvalue weighted by Gasteiger charge is -2.22. The average molecular weight is 293 g/mol. The third-order valence-corrected chi connectivity index (χ3v) is 3.30. The fraction of sp³-hybridized carbons (Fsp3) is 0.562. The van der Waals surface area contributed by atoms with Crippen molar-refractivity contribution in [1.29, 1.82) is 0 Å². The van der Waals surface area contributed by atoms with Crippen molar-refractivity contribution in [3.05, 3.63) is 29.8 Å². The van der Waals surface area contributed by atoms with E-state index in [-0.39, 0.29) is 18.7 Å². The van der Waals surface area contributed by atoms with Gasteiger partial charge in [-0.3, -0.25) is 0 Å². The number of nitrogens with one attached hydrogen (secondary N) is 2. The van der Waals surface area contributed by atoms with E-state index in [4.69, 9.17) is 5.11 Å². The molecule has 0 aliphatic heterocycles. The van der Waals surface area contributed by atoms with E-state index in [1.165, 1.54) is 0 Å². The van der Waals surface area contributed by atoms with Crippen LogP contribution >= 0.6 is 0 Å². The zero-order valence-corrected chi connectivity index (χ0v) is 13.2. The van der Waals surface area contributed by atoms with Gasteiger partial charge in [-0.15, -0.1) is 0 Å². The largest absolute Gasteiger partial charge is 0.395 e. The Morgan fingerprint density at radius 3 is 2.71 bits per heavy atom. The fourth-order valence-electron chi connectivity index (χ4n) is 2.22. The van der Waals surface area contributed by atoms with E-state index in [2.05, 4.69) is 24.5 Å². The second kappa shape index (κ2) is 9.37. The van der Waals surface area contributed by atoms with E-state index in [1.807, 2.05) is 31.2 Å². The first-order valence-corrected chi connectivity index (χ1v) is 7.62. The van der Waals surface area contributed by atoms with Crippen LogP contribution in [0.25, 0.3) is 0 Å². The van der Waals surface area contributed by atoms with E-state index in [0.717, 1.165) is 24.2 Å². The van der Waals surface area contributed by atoms with Crippen LogP contribution in [0.5, 0.6) is 0 Å². The Morgan fingerprint density at radius 1 is 1.33 bits per heavy atom. The predicted octanol–water partition coefficient (Wildman–Crippen LogP) is 2.59. The summed E-state index contributed by atoms with van der Waals surface area (Å²) in [6.45, 7) is 8.05. The highest BCUT2D eigenvalue weighted by molar-refractivity contribution is 5.89. The van der Waals surface area contributed by atoms with Gasteiger partial charge in [0.1, 0.15) is 0 Å². The Labute approximate surface area is 127 Å². The van der Waals surface area contributed by atoms with Crippen molar-refractivity contribution in [2.75, 3.05) is 31.6 Å².